The largest absolute Gasteiger partial charge is 0.410 e. The number of nitrogens with zero attached hydrogens (tertiary/aromatic N) is 1. The number of rotatable bonds is 4. The van der Waals surface area contributed by atoms with E-state index in [1.54, 1.807) is 0 Å². The van der Waals surface area contributed by atoms with Crippen molar-refractivity contribution in [3.05, 3.63) is 46.8 Å². The normalized spacial score (nSPS) is 9.39. The topological polar surface area (TPSA) is 31.2 Å². The first kappa shape index (κ1) is 16.8. The highest BCUT2D eigenvalue weighted by Gasteiger charge is 2.02. The van der Waals surface area contributed by atoms with Gasteiger partial charge in [-0.2, -0.15) is 0 Å². The van der Waals surface area contributed by atoms with E-state index in [2.05, 4.69) is 6.92 Å². The molecule has 0 amide bonds. The minimum Gasteiger partial charge on any atom is -0.410 e. The summed E-state index contributed by atoms with van der Waals surface area (Å²) in [6.45, 7) is 2.67. The highest BCUT2D eigenvalue weighted by atomic mass is 35.5. The summed E-state index contributed by atoms with van der Waals surface area (Å²) in [7, 11) is 0. The van der Waals surface area contributed by atoms with Crippen molar-refractivity contribution in [3.63, 3.8) is 0 Å². The Balaban J connectivity index is 0.00000144. The lowest BCUT2D eigenvalue weighted by atomic mass is 10.2. The van der Waals surface area contributed by atoms with Crippen LogP contribution in [0, 0.1) is 0 Å². The van der Waals surface area contributed by atoms with Gasteiger partial charge in [-0.3, -0.25) is 4.79 Å². The summed E-state index contributed by atoms with van der Waals surface area (Å²) >= 11 is 0. The monoisotopic (exact) mass is 289 g/mol. The second kappa shape index (κ2) is 8.01. The average Bonchev–Trinajstić information content (AvgIpc) is 2.32. The number of aromatic nitrogens is 1. The minimum absolute atomic E-state index is 0. The molecular formula is C13H17Cl2NO2. The molecular weight excluding hydrogens is 273 g/mol. The molecule has 100 valence electrons. The van der Waals surface area contributed by atoms with Gasteiger partial charge in [-0.25, -0.2) is 0 Å². The van der Waals surface area contributed by atoms with E-state index in [-0.39, 0.29) is 30.4 Å². The fourth-order valence-corrected chi connectivity index (χ4v) is 1.59. The molecule has 1 aromatic heterocycles. The van der Waals surface area contributed by atoms with Gasteiger partial charge >= 0.3 is 0 Å². The molecule has 0 N–H and O–H groups in total. The van der Waals surface area contributed by atoms with Crippen LogP contribution >= 0.6 is 24.8 Å². The molecule has 0 aliphatic carbocycles. The lowest BCUT2D eigenvalue weighted by Crippen LogP contribution is -2.27. The van der Waals surface area contributed by atoms with Crippen LogP contribution in [0.3, 0.4) is 0 Å². The van der Waals surface area contributed by atoms with E-state index < -0.39 is 0 Å². The van der Waals surface area contributed by atoms with Crippen LogP contribution in [-0.4, -0.2) is 11.3 Å². The molecule has 2 rings (SSSR count). The lowest BCUT2D eigenvalue weighted by molar-refractivity contribution is 0.109. The summed E-state index contributed by atoms with van der Waals surface area (Å²) in [5.74, 6) is 0. The summed E-state index contributed by atoms with van der Waals surface area (Å²) in [5.41, 5.74) is 0.709. The van der Waals surface area contributed by atoms with Gasteiger partial charge in [-0.15, -0.1) is 29.5 Å². The summed E-state index contributed by atoms with van der Waals surface area (Å²) < 4.78 is 1.38. The molecule has 18 heavy (non-hydrogen) atoms. The molecule has 1 heterocycles. The van der Waals surface area contributed by atoms with Crippen LogP contribution in [0.25, 0.3) is 10.9 Å². The third-order valence-corrected chi connectivity index (χ3v) is 2.48. The standard InChI is InChI=1S/C13H15NO2.2ClH/c1-2-3-10-16-14-12-7-5-4-6-11(12)8-9-13(14)15;;/h4-9H,2-3,10H2,1H3;2*1H. The van der Waals surface area contributed by atoms with Gasteiger partial charge < -0.3 is 4.84 Å². The zero-order chi connectivity index (χ0) is 11.4. The maximum atomic E-state index is 11.7. The number of unbranched alkanes of at least 4 members (excludes halogenated alkanes) is 1. The molecule has 0 aliphatic rings. The maximum absolute atomic E-state index is 11.7. The van der Waals surface area contributed by atoms with Gasteiger partial charge in [0.1, 0.15) is 6.61 Å². The molecule has 2 aromatic rings. The number of para-hydroxylation sites is 1. The van der Waals surface area contributed by atoms with E-state index in [1.165, 1.54) is 10.8 Å². The smallest absolute Gasteiger partial charge is 0.283 e. The number of halogens is 2. The maximum Gasteiger partial charge on any atom is 0.283 e. The van der Waals surface area contributed by atoms with Crippen molar-refractivity contribution >= 4 is 35.7 Å². The zero-order valence-electron chi connectivity index (χ0n) is 10.2. The van der Waals surface area contributed by atoms with Crippen molar-refractivity contribution in [2.75, 3.05) is 6.61 Å². The Morgan fingerprint density at radius 2 is 1.83 bits per heavy atom. The van der Waals surface area contributed by atoms with E-state index in [9.17, 15) is 4.79 Å². The Morgan fingerprint density at radius 3 is 2.56 bits per heavy atom. The van der Waals surface area contributed by atoms with Crippen LogP contribution in [0.4, 0.5) is 0 Å². The molecule has 0 unspecified atom stereocenters. The molecule has 0 bridgehead atoms. The highest BCUT2D eigenvalue weighted by Crippen LogP contribution is 2.09. The Bertz CT molecular complexity index is 540. The van der Waals surface area contributed by atoms with E-state index in [4.69, 9.17) is 4.84 Å². The third kappa shape index (κ3) is 3.65. The number of hydrogen-bond donors (Lipinski definition) is 0. The van der Waals surface area contributed by atoms with Crippen molar-refractivity contribution in [1.29, 1.82) is 0 Å². The van der Waals surface area contributed by atoms with Crippen molar-refractivity contribution in [2.24, 2.45) is 0 Å². The number of hydrogen-bond acceptors (Lipinski definition) is 2. The van der Waals surface area contributed by atoms with Crippen LogP contribution in [-0.2, 0) is 0 Å². The van der Waals surface area contributed by atoms with E-state index in [1.807, 2.05) is 30.3 Å². The minimum atomic E-state index is -0.116. The molecule has 0 aliphatic heterocycles. The molecule has 0 fully saturated rings. The Hall–Kier alpha value is -1.19. The Labute approximate surface area is 119 Å². The van der Waals surface area contributed by atoms with Gasteiger partial charge in [-0.1, -0.05) is 31.5 Å². The SMILES string of the molecule is CCCCOn1c(=O)ccc2ccccc21.Cl.Cl. The average molecular weight is 290 g/mol. The van der Waals surface area contributed by atoms with Gasteiger partial charge in [0.15, 0.2) is 0 Å². The van der Waals surface area contributed by atoms with Gasteiger partial charge in [-0.05, 0) is 18.6 Å². The second-order valence-corrected chi connectivity index (χ2v) is 3.71. The first-order valence-electron chi connectivity index (χ1n) is 5.57. The van der Waals surface area contributed by atoms with Gasteiger partial charge in [0, 0.05) is 11.5 Å². The van der Waals surface area contributed by atoms with Crippen molar-refractivity contribution in [2.45, 2.75) is 19.8 Å². The molecule has 0 radical (unpaired) electrons. The van der Waals surface area contributed by atoms with E-state index >= 15 is 0 Å². The first-order valence-corrected chi connectivity index (χ1v) is 5.57. The summed E-state index contributed by atoms with van der Waals surface area (Å²) in [6, 6.07) is 11.1. The van der Waals surface area contributed by atoms with Crippen LogP contribution in [0.2, 0.25) is 0 Å². The number of fused-ring (bicyclic) bond motifs is 1. The van der Waals surface area contributed by atoms with E-state index in [0.717, 1.165) is 23.7 Å². The van der Waals surface area contributed by atoms with Crippen LogP contribution in [0.5, 0.6) is 0 Å². The molecule has 0 saturated carbocycles. The van der Waals surface area contributed by atoms with Crippen LogP contribution in [0.15, 0.2) is 41.2 Å². The van der Waals surface area contributed by atoms with Gasteiger partial charge in [0.25, 0.3) is 5.56 Å². The Kier molecular flexibility index (Phi) is 7.48. The molecule has 0 spiro atoms. The van der Waals surface area contributed by atoms with Crippen molar-refractivity contribution in [3.8, 4) is 0 Å². The lowest BCUT2D eigenvalue weighted by Gasteiger charge is -2.10. The Morgan fingerprint density at radius 1 is 1.11 bits per heavy atom. The summed E-state index contributed by atoms with van der Waals surface area (Å²) in [4.78, 5) is 17.2. The highest BCUT2D eigenvalue weighted by molar-refractivity contribution is 5.85. The molecule has 0 saturated heterocycles. The molecule has 1 aromatic carbocycles. The molecule has 5 heteroatoms. The number of pyridine rings is 1. The van der Waals surface area contributed by atoms with Crippen molar-refractivity contribution < 1.29 is 4.84 Å². The fraction of sp³-hybridized carbons (Fsp3) is 0.308. The summed E-state index contributed by atoms with van der Waals surface area (Å²) in [5, 5.41) is 1.01. The quantitative estimate of drug-likeness (QED) is 0.810. The van der Waals surface area contributed by atoms with Gasteiger partial charge in [0.05, 0.1) is 5.52 Å². The first-order chi connectivity index (χ1) is 7.83. The van der Waals surface area contributed by atoms with Crippen molar-refractivity contribution in [1.82, 2.24) is 4.73 Å². The molecule has 0 atom stereocenters. The van der Waals surface area contributed by atoms with Crippen LogP contribution < -0.4 is 10.4 Å². The predicted octanol–water partition coefficient (Wildman–Crippen LogP) is 3.07. The molecule has 3 nitrogen and oxygen atoms in total. The fourth-order valence-electron chi connectivity index (χ4n) is 1.59. The predicted molar refractivity (Wildman–Crippen MR) is 79.1 cm³/mol. The van der Waals surface area contributed by atoms with Crippen LogP contribution in [0.1, 0.15) is 19.8 Å². The second-order valence-electron chi connectivity index (χ2n) is 3.71. The zero-order valence-corrected chi connectivity index (χ0v) is 11.8. The summed E-state index contributed by atoms with van der Waals surface area (Å²) in [6.07, 6.45) is 2.01. The van der Waals surface area contributed by atoms with Gasteiger partial charge in [0.2, 0.25) is 0 Å². The third-order valence-electron chi connectivity index (χ3n) is 2.48. The number of benzene rings is 1. The van der Waals surface area contributed by atoms with E-state index in [0.29, 0.717) is 6.61 Å².